The van der Waals surface area contributed by atoms with Gasteiger partial charge in [-0.15, -0.1) is 0 Å². The van der Waals surface area contributed by atoms with E-state index in [1.54, 1.807) is 91.1 Å². The highest BCUT2D eigenvalue weighted by Gasteiger charge is 2.19. The van der Waals surface area contributed by atoms with Gasteiger partial charge in [0, 0.05) is 68.0 Å². The van der Waals surface area contributed by atoms with Crippen molar-refractivity contribution in [2.75, 3.05) is 19.6 Å². The Hall–Kier alpha value is -8.28. The van der Waals surface area contributed by atoms with Gasteiger partial charge in [0.2, 0.25) is 0 Å². The Morgan fingerprint density at radius 1 is 0.629 bits per heavy atom. The van der Waals surface area contributed by atoms with Crippen LogP contribution in [0.25, 0.3) is 67.3 Å². The number of pyridine rings is 2. The van der Waals surface area contributed by atoms with Crippen LogP contribution in [0.1, 0.15) is 45.7 Å². The number of halogens is 3. The maximum Gasteiger partial charge on any atom is 0.762 e. The molecule has 70 heavy (non-hydrogen) atoms. The molecule has 12 nitrogen and oxygen atoms in total. The molecule has 17 heteroatoms. The smallest absolute Gasteiger partial charge is 0.508 e. The summed E-state index contributed by atoms with van der Waals surface area (Å²) >= 11 is 1.75. The molecule has 0 saturated heterocycles. The quantitative estimate of drug-likeness (QED) is 0.0965. The first kappa shape index (κ1) is 52.7. The van der Waals surface area contributed by atoms with E-state index in [0.29, 0.717) is 11.1 Å². The van der Waals surface area contributed by atoms with Gasteiger partial charge in [0.05, 0.1) is 54.4 Å². The molecule has 0 bridgehead atoms. The van der Waals surface area contributed by atoms with Gasteiger partial charge in [0.15, 0.2) is 11.6 Å². The Labute approximate surface area is 409 Å². The number of Topliss-reactive ketones (excluding diaryl/α,β-unsaturated/α-hetero) is 2. The van der Waals surface area contributed by atoms with Gasteiger partial charge >= 0.3 is 7.54 Å². The number of ether oxygens (including phenoxy) is 1. The van der Waals surface area contributed by atoms with Crippen molar-refractivity contribution < 1.29 is 32.4 Å². The first-order valence-electron chi connectivity index (χ1n) is 21.4. The summed E-state index contributed by atoms with van der Waals surface area (Å²) in [7, 11) is -2.03. The van der Waals surface area contributed by atoms with E-state index in [9.17, 15) is 38.2 Å². The molecule has 0 aliphatic heterocycles. The maximum absolute atomic E-state index is 11.7. The number of benzene rings is 4. The molecule has 4 heterocycles. The van der Waals surface area contributed by atoms with E-state index in [4.69, 9.17) is 4.74 Å². The summed E-state index contributed by atoms with van der Waals surface area (Å²) in [5.74, 6) is 0.931. The SMILES string of the molecule is CC(=O)c1cccc(-c2ccc(-c3cnn(CC#N)c3-c3cc(C)cc(O)c3)cn2)c1.COc1cc(C)cc(-c2c(-c3ccc(-c4cccc(C(C)=O)c4)nc3)cnn2CC#N)c1.CSC.FB(F)F. The van der Waals surface area contributed by atoms with Gasteiger partial charge in [-0.2, -0.15) is 32.5 Å². The van der Waals surface area contributed by atoms with Crippen molar-refractivity contribution in [3.8, 4) is 90.9 Å². The summed E-state index contributed by atoms with van der Waals surface area (Å²) in [5.41, 5.74) is 13.2. The Balaban J connectivity index is 0.000000230. The monoisotopic (exact) mass is 960 g/mol. The van der Waals surface area contributed by atoms with Crippen LogP contribution < -0.4 is 4.74 Å². The van der Waals surface area contributed by atoms with Gasteiger partial charge < -0.3 is 9.84 Å². The second-order valence-electron chi connectivity index (χ2n) is 15.5. The highest BCUT2D eigenvalue weighted by molar-refractivity contribution is 7.97. The van der Waals surface area contributed by atoms with E-state index in [1.807, 2.05) is 111 Å². The summed E-state index contributed by atoms with van der Waals surface area (Å²) in [4.78, 5) is 32.6. The van der Waals surface area contributed by atoms with Crippen molar-refractivity contribution in [3.63, 3.8) is 0 Å². The minimum Gasteiger partial charge on any atom is -0.508 e. The lowest BCUT2D eigenvalue weighted by Gasteiger charge is -2.11. The van der Waals surface area contributed by atoms with Crippen molar-refractivity contribution in [2.45, 2.75) is 40.8 Å². The number of carbonyl (C=O) groups is 2. The molecule has 4 aromatic carbocycles. The standard InChI is InChI=1S/C26H22N4O2.C25H20N4O2.C2H6S.BF3/c1-17-11-22(14-23(12-17)32-3)26-24(16-29-30(26)10-9-27)21-7-8-25(28-15-21)20-6-4-5-19(13-20)18(2)31;1-16-10-21(13-22(31)11-16)25-23(15-28-29(25)9-8-26)20-6-7-24(27-14-20)19-5-3-4-18(12-19)17(2)30;1-3-2;2-1(3)4/h4-8,11-16H,10H2,1-3H3;3-7,10-15,31H,9H2,1-2H3;1-2H3;. The normalized spacial score (nSPS) is 10.2. The maximum atomic E-state index is 11.7. The number of hydrogen-bond acceptors (Lipinski definition) is 11. The Morgan fingerprint density at radius 2 is 1.06 bits per heavy atom. The number of carbonyl (C=O) groups excluding carboxylic acids is 2. The van der Waals surface area contributed by atoms with Gasteiger partial charge in [0.1, 0.15) is 24.6 Å². The van der Waals surface area contributed by atoms with Gasteiger partial charge in [-0.3, -0.25) is 41.9 Å². The zero-order chi connectivity index (χ0) is 50.9. The molecule has 0 atom stereocenters. The van der Waals surface area contributed by atoms with Crippen molar-refractivity contribution in [1.82, 2.24) is 29.5 Å². The van der Waals surface area contributed by atoms with Crippen molar-refractivity contribution in [3.05, 3.63) is 156 Å². The van der Waals surface area contributed by atoms with Gasteiger partial charge in [-0.25, -0.2) is 0 Å². The fraction of sp³-hybridized carbons (Fsp3) is 0.170. The van der Waals surface area contributed by atoms with E-state index in [-0.39, 0.29) is 30.4 Å². The first-order chi connectivity index (χ1) is 33.6. The van der Waals surface area contributed by atoms with E-state index in [0.717, 1.165) is 84.2 Å². The molecular formula is C53H48BF3N8O4S. The van der Waals surface area contributed by atoms with Crippen LogP contribution in [-0.2, 0) is 13.1 Å². The highest BCUT2D eigenvalue weighted by Crippen LogP contribution is 2.37. The summed E-state index contributed by atoms with van der Waals surface area (Å²) in [6, 6.07) is 38.1. The third-order valence-electron chi connectivity index (χ3n) is 10.3. The molecule has 0 aliphatic carbocycles. The minimum absolute atomic E-state index is 0.00873. The van der Waals surface area contributed by atoms with Crippen LogP contribution >= 0.6 is 11.8 Å². The highest BCUT2D eigenvalue weighted by atomic mass is 32.2. The molecule has 8 aromatic rings. The predicted molar refractivity (Wildman–Crippen MR) is 270 cm³/mol. The molecule has 0 spiro atoms. The molecule has 1 N–H and O–H groups in total. The summed E-state index contributed by atoms with van der Waals surface area (Å²) < 4.78 is 37.7. The number of nitrogens with zero attached hydrogens (tertiary/aromatic N) is 8. The molecule has 4 aromatic heterocycles. The van der Waals surface area contributed by atoms with E-state index >= 15 is 0 Å². The molecule has 0 saturated carbocycles. The van der Waals surface area contributed by atoms with Crippen LogP contribution in [0.2, 0.25) is 0 Å². The van der Waals surface area contributed by atoms with Crippen LogP contribution in [0.4, 0.5) is 12.9 Å². The largest absolute Gasteiger partial charge is 0.762 e. The number of thioether (sulfide) groups is 1. The number of ketones is 2. The van der Waals surface area contributed by atoms with Crippen LogP contribution in [0, 0.1) is 36.5 Å². The zero-order valence-electron chi connectivity index (χ0n) is 39.5. The summed E-state index contributed by atoms with van der Waals surface area (Å²) in [6.45, 7) is 7.22. The van der Waals surface area contributed by atoms with Gasteiger partial charge in [-0.1, -0.05) is 48.5 Å². The van der Waals surface area contributed by atoms with E-state index < -0.39 is 7.54 Å². The predicted octanol–water partition coefficient (Wildman–Crippen LogP) is 12.2. The lowest BCUT2D eigenvalue weighted by atomic mass is 10.00. The average molecular weight is 961 g/mol. The van der Waals surface area contributed by atoms with Crippen molar-refractivity contribution in [2.24, 2.45) is 0 Å². The number of nitriles is 2. The lowest BCUT2D eigenvalue weighted by molar-refractivity contribution is 0.100. The minimum atomic E-state index is -3.67. The summed E-state index contributed by atoms with van der Waals surface area (Å²) in [6.07, 6.45) is 11.1. The van der Waals surface area contributed by atoms with E-state index in [2.05, 4.69) is 32.3 Å². The number of aryl methyl sites for hydroxylation is 2. The first-order valence-corrected chi connectivity index (χ1v) is 23.0. The third-order valence-corrected chi connectivity index (χ3v) is 10.3. The third kappa shape index (κ3) is 13.9. The van der Waals surface area contributed by atoms with Crippen molar-refractivity contribution >= 4 is 30.9 Å². The number of phenolic OH excluding ortho intramolecular Hbond substituents is 1. The Kier molecular flexibility index (Phi) is 19.0. The number of methoxy groups -OCH3 is 1. The zero-order valence-corrected chi connectivity index (χ0v) is 40.3. The Morgan fingerprint density at radius 3 is 1.43 bits per heavy atom. The van der Waals surface area contributed by atoms with Gasteiger partial charge in [-0.05, 0) is 112 Å². The second kappa shape index (κ2) is 25.2. The van der Waals surface area contributed by atoms with Crippen LogP contribution in [-0.4, -0.2) is 73.4 Å². The number of aromatic hydroxyl groups is 1. The molecule has 0 aliphatic rings. The van der Waals surface area contributed by atoms with Crippen LogP contribution in [0.5, 0.6) is 11.5 Å². The van der Waals surface area contributed by atoms with E-state index in [1.165, 1.54) is 0 Å². The number of aromatic nitrogens is 6. The van der Waals surface area contributed by atoms with Crippen LogP contribution in [0.15, 0.2) is 134 Å². The van der Waals surface area contributed by atoms with Gasteiger partial charge in [0.25, 0.3) is 0 Å². The fourth-order valence-corrected chi connectivity index (χ4v) is 7.32. The average Bonchev–Trinajstić information content (AvgIpc) is 3.96. The number of hydrogen-bond donors (Lipinski definition) is 1. The molecule has 0 fully saturated rings. The lowest BCUT2D eigenvalue weighted by Crippen LogP contribution is -2.01. The molecule has 0 radical (unpaired) electrons. The van der Waals surface area contributed by atoms with Crippen LogP contribution in [0.3, 0.4) is 0 Å². The molecule has 0 amide bonds. The second-order valence-corrected chi connectivity index (χ2v) is 16.4. The fourth-order valence-electron chi connectivity index (χ4n) is 7.32. The number of phenols is 1. The Bertz CT molecular complexity index is 3140. The molecule has 8 rings (SSSR count). The van der Waals surface area contributed by atoms with Crippen molar-refractivity contribution in [1.29, 1.82) is 10.5 Å². The molecular weight excluding hydrogens is 913 g/mol. The number of rotatable bonds is 11. The topological polar surface area (TPSA) is 173 Å². The molecule has 354 valence electrons. The summed E-state index contributed by atoms with van der Waals surface area (Å²) in [5, 5.41) is 37.4. The molecule has 0 unspecified atom stereocenters.